The molecular weight excluding hydrogens is 439 g/mol. The monoisotopic (exact) mass is 456 g/mol. The topological polar surface area (TPSA) is 17.1 Å². The molecular formula is C20H19BrCl2OS. The Balaban J connectivity index is 2.27. The normalized spacial score (nSPS) is 12.4. The maximum absolute atomic E-state index is 12.6. The van der Waals surface area contributed by atoms with Crippen molar-refractivity contribution in [3.05, 3.63) is 68.1 Å². The van der Waals surface area contributed by atoms with Gasteiger partial charge in [0.15, 0.2) is 5.78 Å². The van der Waals surface area contributed by atoms with E-state index in [4.69, 9.17) is 23.2 Å². The average molecular weight is 458 g/mol. The fourth-order valence-electron chi connectivity index (χ4n) is 2.21. The highest BCUT2D eigenvalue weighted by molar-refractivity contribution is 9.10. The summed E-state index contributed by atoms with van der Waals surface area (Å²) in [6.45, 7) is 8.35. The highest BCUT2D eigenvalue weighted by Crippen LogP contribution is 2.37. The predicted octanol–water partition coefficient (Wildman–Crippen LogP) is 7.93. The molecule has 5 heteroatoms. The summed E-state index contributed by atoms with van der Waals surface area (Å²) >= 11 is 17.4. The van der Waals surface area contributed by atoms with Gasteiger partial charge in [0, 0.05) is 29.7 Å². The lowest BCUT2D eigenvalue weighted by Gasteiger charge is -2.18. The Bertz CT molecular complexity index is 818. The van der Waals surface area contributed by atoms with Crippen molar-refractivity contribution in [3.63, 3.8) is 0 Å². The molecule has 0 saturated heterocycles. The SMILES string of the molecule is C/C(=C/C(=O)c1ccc(SC(C)(C)C)c(Br)c1)c1cc(Cl)cc(Cl)c1. The number of hydrogen-bond donors (Lipinski definition) is 0. The summed E-state index contributed by atoms with van der Waals surface area (Å²) in [5.74, 6) is -0.0541. The van der Waals surface area contributed by atoms with Gasteiger partial charge in [-0.15, -0.1) is 11.8 Å². The van der Waals surface area contributed by atoms with Crippen LogP contribution >= 0.6 is 50.9 Å². The quantitative estimate of drug-likeness (QED) is 0.263. The van der Waals surface area contributed by atoms with Crippen LogP contribution in [-0.2, 0) is 0 Å². The molecule has 2 aromatic carbocycles. The molecule has 0 aromatic heterocycles. The predicted molar refractivity (Wildman–Crippen MR) is 114 cm³/mol. The molecule has 0 bridgehead atoms. The molecule has 0 amide bonds. The first-order chi connectivity index (χ1) is 11.5. The number of ketones is 1. The molecule has 0 saturated carbocycles. The third-order valence-electron chi connectivity index (χ3n) is 3.30. The molecule has 0 spiro atoms. The summed E-state index contributed by atoms with van der Waals surface area (Å²) in [4.78, 5) is 13.7. The van der Waals surface area contributed by atoms with Gasteiger partial charge >= 0.3 is 0 Å². The fraction of sp³-hybridized carbons (Fsp3) is 0.250. The number of rotatable bonds is 4. The van der Waals surface area contributed by atoms with Crippen LogP contribution in [0.5, 0.6) is 0 Å². The van der Waals surface area contributed by atoms with E-state index < -0.39 is 0 Å². The van der Waals surface area contributed by atoms with Gasteiger partial charge in [-0.2, -0.15) is 0 Å². The molecule has 25 heavy (non-hydrogen) atoms. The third-order valence-corrected chi connectivity index (χ3v) is 5.84. The minimum absolute atomic E-state index is 0.0541. The van der Waals surface area contributed by atoms with Gasteiger partial charge in [0.05, 0.1) is 0 Å². The lowest BCUT2D eigenvalue weighted by atomic mass is 10.0. The Morgan fingerprint density at radius 3 is 2.16 bits per heavy atom. The van der Waals surface area contributed by atoms with Crippen LogP contribution in [-0.4, -0.2) is 10.5 Å². The molecule has 0 atom stereocenters. The van der Waals surface area contributed by atoms with Gasteiger partial charge in [0.1, 0.15) is 0 Å². The summed E-state index contributed by atoms with van der Waals surface area (Å²) in [5, 5.41) is 1.10. The zero-order valence-corrected chi connectivity index (χ0v) is 18.4. The lowest BCUT2D eigenvalue weighted by Crippen LogP contribution is -2.07. The summed E-state index contributed by atoms with van der Waals surface area (Å²) in [5.41, 5.74) is 2.29. The average Bonchev–Trinajstić information content (AvgIpc) is 2.46. The van der Waals surface area contributed by atoms with Crippen LogP contribution in [0, 0.1) is 0 Å². The zero-order valence-electron chi connectivity index (χ0n) is 14.5. The Morgan fingerprint density at radius 1 is 1.04 bits per heavy atom. The van der Waals surface area contributed by atoms with Gasteiger partial charge in [0.25, 0.3) is 0 Å². The fourth-order valence-corrected chi connectivity index (χ4v) is 4.31. The minimum Gasteiger partial charge on any atom is -0.289 e. The molecule has 0 N–H and O–H groups in total. The van der Waals surface area contributed by atoms with Crippen molar-refractivity contribution < 1.29 is 4.79 Å². The minimum atomic E-state index is -0.0541. The summed E-state index contributed by atoms with van der Waals surface area (Å²) < 4.78 is 1.03. The summed E-state index contributed by atoms with van der Waals surface area (Å²) in [6, 6.07) is 11.0. The summed E-state index contributed by atoms with van der Waals surface area (Å²) in [7, 11) is 0. The maximum atomic E-state index is 12.6. The van der Waals surface area contributed by atoms with Crippen molar-refractivity contribution in [2.24, 2.45) is 0 Å². The van der Waals surface area contributed by atoms with Crippen molar-refractivity contribution in [1.82, 2.24) is 0 Å². The van der Waals surface area contributed by atoms with Crippen molar-refractivity contribution >= 4 is 62.3 Å². The molecule has 0 heterocycles. The second-order valence-electron chi connectivity index (χ2n) is 6.71. The maximum Gasteiger partial charge on any atom is 0.186 e. The van der Waals surface area contributed by atoms with E-state index in [2.05, 4.69) is 36.7 Å². The largest absolute Gasteiger partial charge is 0.289 e. The van der Waals surface area contributed by atoms with E-state index in [0.717, 1.165) is 20.5 Å². The Morgan fingerprint density at radius 2 is 1.64 bits per heavy atom. The number of thioether (sulfide) groups is 1. The van der Waals surface area contributed by atoms with Crippen LogP contribution in [0.15, 0.2) is 51.8 Å². The van der Waals surface area contributed by atoms with Gasteiger partial charge in [-0.1, -0.05) is 44.0 Å². The van der Waals surface area contributed by atoms with Gasteiger partial charge in [-0.05, 0) is 76.5 Å². The van der Waals surface area contributed by atoms with E-state index in [1.54, 1.807) is 36.0 Å². The highest BCUT2D eigenvalue weighted by Gasteiger charge is 2.15. The first kappa shape index (κ1) is 20.6. The van der Waals surface area contributed by atoms with E-state index in [1.165, 1.54) is 0 Å². The van der Waals surface area contributed by atoms with Gasteiger partial charge in [-0.25, -0.2) is 0 Å². The molecule has 1 nitrogen and oxygen atoms in total. The van der Waals surface area contributed by atoms with Gasteiger partial charge in [0.2, 0.25) is 0 Å². The van der Waals surface area contributed by atoms with E-state index in [9.17, 15) is 4.79 Å². The molecule has 2 aromatic rings. The molecule has 0 aliphatic rings. The number of halogens is 3. The zero-order chi connectivity index (χ0) is 18.8. The van der Waals surface area contributed by atoms with Crippen LogP contribution in [0.3, 0.4) is 0 Å². The first-order valence-electron chi connectivity index (χ1n) is 7.73. The summed E-state index contributed by atoms with van der Waals surface area (Å²) in [6.07, 6.45) is 1.61. The van der Waals surface area contributed by atoms with Crippen molar-refractivity contribution in [3.8, 4) is 0 Å². The van der Waals surface area contributed by atoms with E-state index >= 15 is 0 Å². The first-order valence-corrected chi connectivity index (χ1v) is 10.1. The standard InChI is InChI=1S/C20H19BrCl2OS/c1-12(14-8-15(22)11-16(23)9-14)7-18(24)13-5-6-19(17(21)10-13)25-20(2,3)4/h5-11H,1-4H3/b12-7-. The van der Waals surface area contributed by atoms with E-state index in [0.29, 0.717) is 15.6 Å². The van der Waals surface area contributed by atoms with Crippen molar-refractivity contribution in [1.29, 1.82) is 0 Å². The Kier molecular flexibility index (Phi) is 6.83. The van der Waals surface area contributed by atoms with Crippen LogP contribution in [0.1, 0.15) is 43.6 Å². The van der Waals surface area contributed by atoms with Crippen LogP contribution in [0.2, 0.25) is 10.0 Å². The molecule has 0 radical (unpaired) electrons. The van der Waals surface area contributed by atoms with E-state index in [-0.39, 0.29) is 10.5 Å². The van der Waals surface area contributed by atoms with Crippen LogP contribution in [0.4, 0.5) is 0 Å². The molecule has 0 aliphatic carbocycles. The van der Waals surface area contributed by atoms with E-state index in [1.807, 2.05) is 25.1 Å². The third kappa shape index (κ3) is 6.18. The number of benzene rings is 2. The molecule has 132 valence electrons. The number of carbonyl (C=O) groups is 1. The number of allylic oxidation sites excluding steroid dienone is 2. The van der Waals surface area contributed by atoms with Gasteiger partial charge < -0.3 is 0 Å². The second-order valence-corrected chi connectivity index (χ2v) is 10.3. The lowest BCUT2D eigenvalue weighted by molar-refractivity contribution is 0.104. The smallest absolute Gasteiger partial charge is 0.186 e. The highest BCUT2D eigenvalue weighted by atomic mass is 79.9. The molecule has 2 rings (SSSR count). The van der Waals surface area contributed by atoms with Crippen LogP contribution in [0.25, 0.3) is 5.57 Å². The van der Waals surface area contributed by atoms with Gasteiger partial charge in [-0.3, -0.25) is 4.79 Å². The Hall–Kier alpha value is -0.740. The molecule has 0 aliphatic heterocycles. The van der Waals surface area contributed by atoms with Crippen molar-refractivity contribution in [2.75, 3.05) is 0 Å². The molecule has 0 unspecified atom stereocenters. The van der Waals surface area contributed by atoms with Crippen molar-refractivity contribution in [2.45, 2.75) is 37.3 Å². The number of hydrogen-bond acceptors (Lipinski definition) is 2. The second kappa shape index (κ2) is 8.30. The molecule has 0 fully saturated rings. The number of carbonyl (C=O) groups excluding carboxylic acids is 1. The Labute approximate surface area is 171 Å². The van der Waals surface area contributed by atoms with Crippen LogP contribution < -0.4 is 0 Å².